The van der Waals surface area contributed by atoms with Crippen LogP contribution < -0.4 is 10.6 Å². The smallest absolute Gasteiger partial charge is 0.411 e. The first-order valence-corrected chi connectivity index (χ1v) is 14.0. The third kappa shape index (κ3) is 6.84. The number of carbonyl (C=O) groups excluding carboxylic acids is 3. The number of Topliss-reactive ketones (excluding diaryl/α,β-unsaturated/α-hetero) is 2. The lowest BCUT2D eigenvalue weighted by Crippen LogP contribution is -2.54. The number of phenolic OH excluding ortho intramolecular Hbond substituents is 1. The molecule has 0 saturated carbocycles. The lowest BCUT2D eigenvalue weighted by Gasteiger charge is -2.39. The topological polar surface area (TPSA) is 95.5 Å². The first-order chi connectivity index (χ1) is 20.7. The van der Waals surface area contributed by atoms with Crippen molar-refractivity contribution in [3.8, 4) is 5.75 Å². The number of aryl methyl sites for hydroxylation is 1. The molecule has 3 aromatic rings. The summed E-state index contributed by atoms with van der Waals surface area (Å²) < 4.78 is 89.6. The molecule has 0 aliphatic rings. The molecule has 45 heavy (non-hydrogen) atoms. The molecule has 0 spiro atoms. The normalized spacial score (nSPS) is 13.2. The van der Waals surface area contributed by atoms with Crippen molar-refractivity contribution in [3.05, 3.63) is 88.5 Å². The maximum absolute atomic E-state index is 14.9. The van der Waals surface area contributed by atoms with E-state index in [1.807, 2.05) is 6.92 Å². The molecule has 0 heterocycles. The Hall–Kier alpha value is -4.35. The van der Waals surface area contributed by atoms with Crippen LogP contribution in [0.3, 0.4) is 0 Å². The molecule has 1 unspecified atom stereocenters. The van der Waals surface area contributed by atoms with Gasteiger partial charge in [0, 0.05) is 22.7 Å². The van der Waals surface area contributed by atoms with Gasteiger partial charge < -0.3 is 15.7 Å². The highest BCUT2D eigenvalue weighted by Gasteiger charge is 2.72. The molecule has 12 heteroatoms. The molecule has 242 valence electrons. The maximum Gasteiger partial charge on any atom is 0.411 e. The number of aromatic hydroxyl groups is 1. The largest absolute Gasteiger partial charge is 0.506 e. The Kier molecular flexibility index (Phi) is 9.81. The molecular formula is C33H34F6N2O4. The monoisotopic (exact) mass is 636 g/mol. The van der Waals surface area contributed by atoms with E-state index in [4.69, 9.17) is 0 Å². The molecule has 0 bridgehead atoms. The first kappa shape index (κ1) is 35.1. The zero-order valence-corrected chi connectivity index (χ0v) is 25.5. The van der Waals surface area contributed by atoms with E-state index in [1.54, 1.807) is 6.92 Å². The van der Waals surface area contributed by atoms with Crippen LogP contribution in [0.15, 0.2) is 60.7 Å². The van der Waals surface area contributed by atoms with Gasteiger partial charge in [0.2, 0.25) is 5.41 Å². The van der Waals surface area contributed by atoms with Crippen LogP contribution >= 0.6 is 0 Å². The predicted molar refractivity (Wildman–Crippen MR) is 159 cm³/mol. The Labute approximate surface area is 256 Å². The number of halogens is 6. The number of carbonyl (C=O) groups is 3. The van der Waals surface area contributed by atoms with Gasteiger partial charge in [-0.25, -0.2) is 0 Å². The first-order valence-electron chi connectivity index (χ1n) is 14.0. The summed E-state index contributed by atoms with van der Waals surface area (Å²) in [4.78, 5) is 37.8. The summed E-state index contributed by atoms with van der Waals surface area (Å²) in [5.74, 6) is -2.55. The van der Waals surface area contributed by atoms with Crippen molar-refractivity contribution in [2.45, 2.75) is 71.3 Å². The molecule has 0 aliphatic carbocycles. The number of hydrogen-bond acceptors (Lipinski definition) is 5. The van der Waals surface area contributed by atoms with E-state index in [2.05, 4.69) is 10.6 Å². The van der Waals surface area contributed by atoms with Gasteiger partial charge in [0.1, 0.15) is 5.75 Å². The van der Waals surface area contributed by atoms with Gasteiger partial charge in [-0.05, 0) is 81.1 Å². The second kappa shape index (κ2) is 12.6. The number of anilines is 2. The van der Waals surface area contributed by atoms with E-state index < -0.39 is 57.6 Å². The summed E-state index contributed by atoms with van der Waals surface area (Å²) in [6.45, 7) is 8.82. The Morgan fingerprint density at radius 1 is 0.822 bits per heavy atom. The molecular weight excluding hydrogens is 602 g/mol. The highest BCUT2D eigenvalue weighted by molar-refractivity contribution is 6.07. The van der Waals surface area contributed by atoms with E-state index in [1.165, 1.54) is 52.0 Å². The van der Waals surface area contributed by atoms with Crippen LogP contribution in [-0.4, -0.2) is 40.5 Å². The van der Waals surface area contributed by atoms with E-state index in [-0.39, 0.29) is 34.1 Å². The number of benzene rings is 3. The summed E-state index contributed by atoms with van der Waals surface area (Å²) in [6.07, 6.45) is -11.4. The lowest BCUT2D eigenvalue weighted by molar-refractivity contribution is -0.288. The van der Waals surface area contributed by atoms with Crippen LogP contribution in [0.5, 0.6) is 5.75 Å². The Morgan fingerprint density at radius 2 is 1.36 bits per heavy atom. The molecule has 3 rings (SSSR count). The average molecular weight is 637 g/mol. The zero-order valence-electron chi connectivity index (χ0n) is 25.5. The van der Waals surface area contributed by atoms with Crippen LogP contribution in [0.2, 0.25) is 0 Å². The fraction of sp³-hybridized carbons (Fsp3) is 0.364. The second-order valence-electron chi connectivity index (χ2n) is 11.5. The van der Waals surface area contributed by atoms with Crippen LogP contribution in [0, 0.1) is 12.8 Å². The molecule has 0 aliphatic heterocycles. The summed E-state index contributed by atoms with van der Waals surface area (Å²) >= 11 is 0. The van der Waals surface area contributed by atoms with Crippen LogP contribution in [-0.2, 0) is 10.2 Å². The Morgan fingerprint density at radius 3 is 1.89 bits per heavy atom. The Balaban J connectivity index is 2.19. The summed E-state index contributed by atoms with van der Waals surface area (Å²) in [7, 11) is 0. The van der Waals surface area contributed by atoms with Gasteiger partial charge in [-0.1, -0.05) is 44.2 Å². The molecule has 3 aromatic carbocycles. The number of ketones is 2. The van der Waals surface area contributed by atoms with Crippen molar-refractivity contribution in [2.24, 2.45) is 5.92 Å². The quantitative estimate of drug-likeness (QED) is 0.118. The number of phenols is 1. The summed E-state index contributed by atoms with van der Waals surface area (Å²) in [5.41, 5.74) is -9.01. The number of nitrogens with one attached hydrogen (secondary N) is 2. The van der Waals surface area contributed by atoms with E-state index in [0.29, 0.717) is 36.8 Å². The predicted octanol–water partition coefficient (Wildman–Crippen LogP) is 8.37. The van der Waals surface area contributed by atoms with Crippen molar-refractivity contribution in [3.63, 3.8) is 0 Å². The second-order valence-corrected chi connectivity index (χ2v) is 11.5. The fourth-order valence-corrected chi connectivity index (χ4v) is 4.74. The standard InChI is InChI=1S/C33H34F6N2O4/c1-7-18(2)28(44)21-9-8-10-22(15-21)29(45)40-25-16-23(12-11-19(25)3)31(32(34,35)36,33(37,38)39)24-13-14-27(43)26(17-24)41-30(5,6)20(4)42/h8-18,41,43H,7H2,1-6H3,(H,40,45). The highest BCUT2D eigenvalue weighted by atomic mass is 19.4. The molecule has 0 radical (unpaired) electrons. The van der Waals surface area contributed by atoms with Gasteiger partial charge in [-0.3, -0.25) is 14.4 Å². The van der Waals surface area contributed by atoms with Gasteiger partial charge in [0.25, 0.3) is 5.91 Å². The van der Waals surface area contributed by atoms with E-state index >= 15 is 0 Å². The van der Waals surface area contributed by atoms with Gasteiger partial charge >= 0.3 is 12.4 Å². The number of hydrogen-bond donors (Lipinski definition) is 3. The molecule has 3 N–H and O–H groups in total. The SMILES string of the molecule is CCC(C)C(=O)c1cccc(C(=O)Nc2cc(C(c3ccc(O)c(NC(C)(C)C(C)=O)c3)(C(F)(F)F)C(F)(F)F)ccc2C)c1. The third-order valence-electron chi connectivity index (χ3n) is 8.00. The van der Waals surface area contributed by atoms with Gasteiger partial charge in [-0.15, -0.1) is 0 Å². The average Bonchev–Trinajstić information content (AvgIpc) is 2.94. The Bertz CT molecular complexity index is 1600. The summed E-state index contributed by atoms with van der Waals surface area (Å²) in [6, 6.07) is 9.67. The maximum atomic E-state index is 14.9. The van der Waals surface area contributed by atoms with Crippen molar-refractivity contribution in [1.29, 1.82) is 0 Å². The molecule has 6 nitrogen and oxygen atoms in total. The van der Waals surface area contributed by atoms with Crippen molar-refractivity contribution in [2.75, 3.05) is 10.6 Å². The molecule has 1 atom stereocenters. The van der Waals surface area contributed by atoms with Crippen molar-refractivity contribution < 1.29 is 45.8 Å². The minimum absolute atomic E-state index is 0.0193. The van der Waals surface area contributed by atoms with Gasteiger partial charge in [0.05, 0.1) is 11.2 Å². The fourth-order valence-electron chi connectivity index (χ4n) is 4.74. The zero-order chi connectivity index (χ0) is 34.1. The number of amides is 1. The van der Waals surface area contributed by atoms with Gasteiger partial charge in [-0.2, -0.15) is 26.3 Å². The minimum atomic E-state index is -5.96. The van der Waals surface area contributed by atoms with E-state index in [9.17, 15) is 45.8 Å². The van der Waals surface area contributed by atoms with Gasteiger partial charge in [0.15, 0.2) is 11.6 Å². The van der Waals surface area contributed by atoms with Crippen LogP contribution in [0.1, 0.15) is 78.4 Å². The van der Waals surface area contributed by atoms with Crippen molar-refractivity contribution in [1.82, 2.24) is 0 Å². The molecule has 0 fully saturated rings. The van der Waals surface area contributed by atoms with E-state index in [0.717, 1.165) is 6.07 Å². The minimum Gasteiger partial charge on any atom is -0.506 e. The molecule has 0 saturated heterocycles. The summed E-state index contributed by atoms with van der Waals surface area (Å²) in [5, 5.41) is 15.2. The number of alkyl halides is 6. The van der Waals surface area contributed by atoms with Crippen LogP contribution in [0.4, 0.5) is 37.7 Å². The third-order valence-corrected chi connectivity index (χ3v) is 8.00. The lowest BCUT2D eigenvalue weighted by atomic mass is 9.72. The molecule has 1 amide bonds. The van der Waals surface area contributed by atoms with Crippen LogP contribution in [0.25, 0.3) is 0 Å². The highest BCUT2D eigenvalue weighted by Crippen LogP contribution is 2.57. The molecule has 0 aromatic heterocycles. The number of rotatable bonds is 10. The van der Waals surface area contributed by atoms with Crippen molar-refractivity contribution >= 4 is 28.8 Å².